The molecule has 0 aromatic heterocycles. The Balaban J connectivity index is 1.47. The molecule has 0 spiro atoms. The van der Waals surface area contributed by atoms with Crippen LogP contribution in [0, 0.1) is 13.8 Å². The van der Waals surface area contributed by atoms with Gasteiger partial charge >= 0.3 is 5.97 Å². The van der Waals surface area contributed by atoms with Crippen molar-refractivity contribution >= 4 is 21.7 Å². The molecule has 2 N–H and O–H groups in total. The number of fused-ring (bicyclic) bond motifs is 1. The van der Waals surface area contributed by atoms with E-state index in [4.69, 9.17) is 4.74 Å². The van der Waals surface area contributed by atoms with Crippen LogP contribution in [0.1, 0.15) is 38.8 Å². The van der Waals surface area contributed by atoms with Gasteiger partial charge in [0.2, 0.25) is 10.0 Å². The standard InChI is InChI=1S/C23H22N2O4S/c1-15-7-8-16(2)19(13-15)14-29-23(26)18-11-9-17(10-12-18)22-24-20-5-3-4-6-21(20)30(27,28)25-22/h3-13,22,24-25H,14H2,1-2H3/t22-/m0/s1. The fraction of sp³-hybridized carbons (Fsp3) is 0.174. The van der Waals surface area contributed by atoms with E-state index in [9.17, 15) is 13.2 Å². The molecule has 1 aliphatic rings. The van der Waals surface area contributed by atoms with Gasteiger partial charge in [-0.2, -0.15) is 4.72 Å². The fourth-order valence-corrected chi connectivity index (χ4v) is 4.68. The van der Waals surface area contributed by atoms with Crippen molar-refractivity contribution in [3.63, 3.8) is 0 Å². The van der Waals surface area contributed by atoms with Crippen molar-refractivity contribution in [3.05, 3.63) is 94.5 Å². The Morgan fingerprint density at radius 2 is 1.73 bits per heavy atom. The number of hydrogen-bond acceptors (Lipinski definition) is 5. The Morgan fingerprint density at radius 3 is 2.50 bits per heavy atom. The summed E-state index contributed by atoms with van der Waals surface area (Å²) in [5.41, 5.74) is 4.79. The first-order valence-electron chi connectivity index (χ1n) is 9.54. The number of para-hydroxylation sites is 1. The Morgan fingerprint density at radius 1 is 1.00 bits per heavy atom. The van der Waals surface area contributed by atoms with E-state index < -0.39 is 22.2 Å². The first-order valence-corrected chi connectivity index (χ1v) is 11.0. The Kier molecular flexibility index (Phi) is 5.32. The molecule has 0 fully saturated rings. The molecule has 0 amide bonds. The van der Waals surface area contributed by atoms with Gasteiger partial charge in [0.15, 0.2) is 0 Å². The minimum atomic E-state index is -3.62. The third-order valence-corrected chi connectivity index (χ3v) is 6.57. The summed E-state index contributed by atoms with van der Waals surface area (Å²) < 4.78 is 33.0. The van der Waals surface area contributed by atoms with E-state index in [1.165, 1.54) is 0 Å². The van der Waals surface area contributed by atoms with Crippen LogP contribution in [0.3, 0.4) is 0 Å². The summed E-state index contributed by atoms with van der Waals surface area (Å²) in [5, 5.41) is 3.17. The molecule has 1 atom stereocenters. The lowest BCUT2D eigenvalue weighted by molar-refractivity contribution is 0.0472. The lowest BCUT2D eigenvalue weighted by Crippen LogP contribution is -2.38. The summed E-state index contributed by atoms with van der Waals surface area (Å²) in [6.07, 6.45) is -0.620. The molecule has 0 aliphatic carbocycles. The average molecular weight is 423 g/mol. The molecule has 0 saturated carbocycles. The lowest BCUT2D eigenvalue weighted by atomic mass is 10.1. The maximum absolute atomic E-state index is 12.5. The summed E-state index contributed by atoms with van der Waals surface area (Å²) in [5.74, 6) is -0.426. The second-order valence-corrected chi connectivity index (χ2v) is 9.01. The largest absolute Gasteiger partial charge is 0.457 e. The van der Waals surface area contributed by atoms with E-state index in [2.05, 4.69) is 10.0 Å². The number of anilines is 1. The molecule has 1 aliphatic heterocycles. The molecule has 3 aromatic carbocycles. The highest BCUT2D eigenvalue weighted by Crippen LogP contribution is 2.30. The summed E-state index contributed by atoms with van der Waals surface area (Å²) >= 11 is 0. The summed E-state index contributed by atoms with van der Waals surface area (Å²) in [4.78, 5) is 12.6. The second-order valence-electron chi connectivity index (χ2n) is 7.32. The van der Waals surface area contributed by atoms with E-state index >= 15 is 0 Å². The van der Waals surface area contributed by atoms with Crippen LogP contribution in [0.2, 0.25) is 0 Å². The number of ether oxygens (including phenoxy) is 1. The molecular formula is C23H22N2O4S. The molecule has 1 heterocycles. The van der Waals surface area contributed by atoms with Gasteiger partial charge in [0.1, 0.15) is 17.7 Å². The van der Waals surface area contributed by atoms with E-state index in [-0.39, 0.29) is 11.5 Å². The number of nitrogens with one attached hydrogen (secondary N) is 2. The number of rotatable bonds is 4. The quantitative estimate of drug-likeness (QED) is 0.620. The number of carbonyl (C=O) groups is 1. The van der Waals surface area contributed by atoms with Crippen molar-refractivity contribution in [2.75, 3.05) is 5.32 Å². The molecule has 30 heavy (non-hydrogen) atoms. The molecule has 3 aromatic rings. The smallest absolute Gasteiger partial charge is 0.338 e. The van der Waals surface area contributed by atoms with E-state index in [1.807, 2.05) is 32.0 Å². The molecule has 0 unspecified atom stereocenters. The number of benzene rings is 3. The van der Waals surface area contributed by atoms with Crippen molar-refractivity contribution in [1.29, 1.82) is 0 Å². The lowest BCUT2D eigenvalue weighted by Gasteiger charge is -2.28. The van der Waals surface area contributed by atoms with Gasteiger partial charge < -0.3 is 10.1 Å². The third-order valence-electron chi connectivity index (χ3n) is 5.09. The van der Waals surface area contributed by atoms with Gasteiger partial charge in [0.05, 0.1) is 11.3 Å². The number of esters is 1. The topological polar surface area (TPSA) is 84.5 Å². The van der Waals surface area contributed by atoms with Crippen LogP contribution in [0.25, 0.3) is 0 Å². The first kappa shape index (κ1) is 20.1. The van der Waals surface area contributed by atoms with Crippen molar-refractivity contribution in [2.45, 2.75) is 31.5 Å². The normalized spacial score (nSPS) is 16.9. The van der Waals surface area contributed by atoms with Crippen molar-refractivity contribution in [1.82, 2.24) is 4.72 Å². The highest BCUT2D eigenvalue weighted by molar-refractivity contribution is 7.89. The molecule has 6 nitrogen and oxygen atoms in total. The summed E-state index contributed by atoms with van der Waals surface area (Å²) in [7, 11) is -3.62. The number of sulfonamides is 1. The SMILES string of the molecule is Cc1ccc(C)c(COC(=O)c2ccc([C@H]3Nc4ccccc4S(=O)(=O)N3)cc2)c1. The Hall–Kier alpha value is -3.16. The molecule has 0 bridgehead atoms. The monoisotopic (exact) mass is 422 g/mol. The van der Waals surface area contributed by atoms with E-state index in [0.717, 1.165) is 16.7 Å². The molecule has 0 saturated heterocycles. The van der Waals surface area contributed by atoms with Crippen LogP contribution >= 0.6 is 0 Å². The number of carbonyl (C=O) groups excluding carboxylic acids is 1. The van der Waals surface area contributed by atoms with Crippen molar-refractivity contribution < 1.29 is 17.9 Å². The molecule has 4 rings (SSSR count). The van der Waals surface area contributed by atoms with Gasteiger partial charge in [-0.05, 0) is 54.8 Å². The van der Waals surface area contributed by atoms with Crippen LogP contribution in [0.4, 0.5) is 5.69 Å². The van der Waals surface area contributed by atoms with Crippen molar-refractivity contribution in [2.24, 2.45) is 0 Å². The number of aryl methyl sites for hydroxylation is 2. The van der Waals surface area contributed by atoms with Crippen LogP contribution in [0.5, 0.6) is 0 Å². The maximum atomic E-state index is 12.5. The van der Waals surface area contributed by atoms with Crippen LogP contribution in [-0.2, 0) is 21.4 Å². The van der Waals surface area contributed by atoms with Gasteiger partial charge in [-0.15, -0.1) is 0 Å². The second kappa shape index (κ2) is 7.93. The van der Waals surface area contributed by atoms with Gasteiger partial charge in [0, 0.05) is 0 Å². The average Bonchev–Trinajstić information content (AvgIpc) is 2.74. The summed E-state index contributed by atoms with van der Waals surface area (Å²) in [6, 6.07) is 19.5. The molecule has 7 heteroatoms. The number of hydrogen-bond donors (Lipinski definition) is 2. The predicted molar refractivity (Wildman–Crippen MR) is 115 cm³/mol. The van der Waals surface area contributed by atoms with Gasteiger partial charge in [-0.3, -0.25) is 0 Å². The Bertz CT molecular complexity index is 1200. The van der Waals surface area contributed by atoms with E-state index in [1.54, 1.807) is 48.5 Å². The van der Waals surface area contributed by atoms with Crippen LogP contribution in [0.15, 0.2) is 71.6 Å². The van der Waals surface area contributed by atoms with Crippen LogP contribution in [-0.4, -0.2) is 14.4 Å². The zero-order chi connectivity index (χ0) is 21.3. The van der Waals surface area contributed by atoms with Gasteiger partial charge in [-0.1, -0.05) is 48.0 Å². The summed E-state index contributed by atoms with van der Waals surface area (Å²) in [6.45, 7) is 4.18. The van der Waals surface area contributed by atoms with Crippen molar-refractivity contribution in [3.8, 4) is 0 Å². The van der Waals surface area contributed by atoms with Gasteiger partial charge in [-0.25, -0.2) is 13.2 Å². The predicted octanol–water partition coefficient (Wildman–Crippen LogP) is 4.06. The third kappa shape index (κ3) is 4.08. The van der Waals surface area contributed by atoms with Crippen LogP contribution < -0.4 is 10.0 Å². The highest BCUT2D eigenvalue weighted by atomic mass is 32.2. The molecule has 154 valence electrons. The fourth-order valence-electron chi connectivity index (χ4n) is 3.37. The zero-order valence-corrected chi connectivity index (χ0v) is 17.5. The minimum Gasteiger partial charge on any atom is -0.457 e. The highest BCUT2D eigenvalue weighted by Gasteiger charge is 2.29. The first-order chi connectivity index (χ1) is 14.3. The Labute approximate surface area is 176 Å². The molecular weight excluding hydrogens is 400 g/mol. The minimum absolute atomic E-state index is 0.203. The maximum Gasteiger partial charge on any atom is 0.338 e. The van der Waals surface area contributed by atoms with Gasteiger partial charge in [0.25, 0.3) is 0 Å². The van der Waals surface area contributed by atoms with E-state index in [0.29, 0.717) is 16.8 Å². The zero-order valence-electron chi connectivity index (χ0n) is 16.7. The molecule has 0 radical (unpaired) electrons.